The number of ether oxygens (including phenoxy) is 2. The number of esters is 1. The Morgan fingerprint density at radius 3 is 2.36 bits per heavy atom. The number of methoxy groups -OCH3 is 1. The predicted octanol–water partition coefficient (Wildman–Crippen LogP) is 4.15. The number of carbonyl (C=O) groups excluding carboxylic acids is 2. The van der Waals surface area contributed by atoms with E-state index in [2.05, 4.69) is 10.1 Å². The van der Waals surface area contributed by atoms with Crippen LogP contribution in [-0.2, 0) is 9.53 Å². The second-order valence-corrected chi connectivity index (χ2v) is 6.07. The molecule has 0 saturated carbocycles. The minimum absolute atomic E-state index is 0.327. The average molecular weight is 362 g/mol. The highest BCUT2D eigenvalue weighted by atomic mass is 35.5. The van der Waals surface area contributed by atoms with E-state index in [1.165, 1.54) is 7.11 Å². The standard InChI is InChI=1S/C19H20ClNO4/c1-11-8-16(9-12(2)17(11)20)25-13(3)18(22)21-15-7-5-6-14(10-15)19(23)24-4/h5-10,13H,1-4H3,(H,21,22)/t13-/m0/s1. The van der Waals surface area contributed by atoms with Crippen LogP contribution in [0.1, 0.15) is 28.4 Å². The number of carbonyl (C=O) groups is 2. The van der Waals surface area contributed by atoms with Gasteiger partial charge in [-0.1, -0.05) is 17.7 Å². The Balaban J connectivity index is 2.07. The SMILES string of the molecule is COC(=O)c1cccc(NC(=O)[C@H](C)Oc2cc(C)c(Cl)c(C)c2)c1. The molecule has 0 spiro atoms. The van der Waals surface area contributed by atoms with Gasteiger partial charge in [0, 0.05) is 10.7 Å². The summed E-state index contributed by atoms with van der Waals surface area (Å²) in [7, 11) is 1.31. The number of benzene rings is 2. The zero-order valence-corrected chi connectivity index (χ0v) is 15.3. The molecule has 25 heavy (non-hydrogen) atoms. The van der Waals surface area contributed by atoms with E-state index in [0.717, 1.165) is 11.1 Å². The zero-order chi connectivity index (χ0) is 18.6. The second kappa shape index (κ2) is 8.03. The van der Waals surface area contributed by atoms with Crippen molar-refractivity contribution in [2.24, 2.45) is 0 Å². The van der Waals surface area contributed by atoms with Crippen molar-refractivity contribution in [3.05, 3.63) is 58.1 Å². The number of halogens is 1. The zero-order valence-electron chi connectivity index (χ0n) is 14.6. The van der Waals surface area contributed by atoms with Gasteiger partial charge in [-0.3, -0.25) is 4.79 Å². The van der Waals surface area contributed by atoms with E-state index in [0.29, 0.717) is 22.0 Å². The summed E-state index contributed by atoms with van der Waals surface area (Å²) in [5.74, 6) is -0.217. The van der Waals surface area contributed by atoms with E-state index >= 15 is 0 Å². The van der Waals surface area contributed by atoms with Gasteiger partial charge in [0.2, 0.25) is 0 Å². The summed E-state index contributed by atoms with van der Waals surface area (Å²) in [5, 5.41) is 3.41. The van der Waals surface area contributed by atoms with Gasteiger partial charge >= 0.3 is 5.97 Å². The molecular formula is C19H20ClNO4. The van der Waals surface area contributed by atoms with E-state index in [1.54, 1.807) is 43.3 Å². The van der Waals surface area contributed by atoms with E-state index in [-0.39, 0.29) is 5.91 Å². The van der Waals surface area contributed by atoms with Crippen LogP contribution in [0.3, 0.4) is 0 Å². The lowest BCUT2D eigenvalue weighted by Crippen LogP contribution is -2.30. The Morgan fingerprint density at radius 2 is 1.76 bits per heavy atom. The van der Waals surface area contributed by atoms with Crippen molar-refractivity contribution < 1.29 is 19.1 Å². The van der Waals surface area contributed by atoms with Gasteiger partial charge in [0.1, 0.15) is 5.75 Å². The predicted molar refractivity (Wildman–Crippen MR) is 97.4 cm³/mol. The van der Waals surface area contributed by atoms with Gasteiger partial charge in [-0.2, -0.15) is 0 Å². The van der Waals surface area contributed by atoms with Crippen LogP contribution in [0.2, 0.25) is 5.02 Å². The molecular weight excluding hydrogens is 342 g/mol. The van der Waals surface area contributed by atoms with Gasteiger partial charge in [0.25, 0.3) is 5.91 Å². The lowest BCUT2D eigenvalue weighted by Gasteiger charge is -2.16. The fraction of sp³-hybridized carbons (Fsp3) is 0.263. The molecule has 0 aliphatic carbocycles. The molecule has 0 aliphatic heterocycles. The van der Waals surface area contributed by atoms with Gasteiger partial charge in [-0.05, 0) is 62.2 Å². The van der Waals surface area contributed by atoms with Crippen LogP contribution < -0.4 is 10.1 Å². The molecule has 0 heterocycles. The van der Waals surface area contributed by atoms with Crippen molar-refractivity contribution in [1.82, 2.24) is 0 Å². The molecule has 6 heteroatoms. The highest BCUT2D eigenvalue weighted by Gasteiger charge is 2.16. The quantitative estimate of drug-likeness (QED) is 0.812. The lowest BCUT2D eigenvalue weighted by molar-refractivity contribution is -0.122. The van der Waals surface area contributed by atoms with E-state index < -0.39 is 12.1 Å². The maximum absolute atomic E-state index is 12.3. The molecule has 5 nitrogen and oxygen atoms in total. The molecule has 2 aromatic rings. The molecule has 0 saturated heterocycles. The van der Waals surface area contributed by atoms with Crippen molar-refractivity contribution in [3.8, 4) is 5.75 Å². The lowest BCUT2D eigenvalue weighted by atomic mass is 10.1. The minimum atomic E-state index is -0.721. The Morgan fingerprint density at radius 1 is 1.12 bits per heavy atom. The van der Waals surface area contributed by atoms with Crippen LogP contribution in [0.25, 0.3) is 0 Å². The van der Waals surface area contributed by atoms with E-state index in [4.69, 9.17) is 16.3 Å². The molecule has 1 N–H and O–H groups in total. The number of rotatable bonds is 5. The summed E-state index contributed by atoms with van der Waals surface area (Å²) in [6.45, 7) is 5.41. The third kappa shape index (κ3) is 4.73. The highest BCUT2D eigenvalue weighted by molar-refractivity contribution is 6.32. The van der Waals surface area contributed by atoms with Gasteiger partial charge in [-0.25, -0.2) is 4.79 Å². The average Bonchev–Trinajstić information content (AvgIpc) is 2.59. The third-order valence-electron chi connectivity index (χ3n) is 3.64. The van der Waals surface area contributed by atoms with Crippen molar-refractivity contribution in [2.75, 3.05) is 12.4 Å². The Kier molecular flexibility index (Phi) is 6.04. The molecule has 2 aromatic carbocycles. The van der Waals surface area contributed by atoms with Gasteiger partial charge in [0.05, 0.1) is 12.7 Å². The van der Waals surface area contributed by atoms with Gasteiger partial charge in [0.15, 0.2) is 6.10 Å². The first-order valence-corrected chi connectivity index (χ1v) is 8.12. The van der Waals surface area contributed by atoms with Gasteiger partial charge in [-0.15, -0.1) is 0 Å². The number of aryl methyl sites for hydroxylation is 2. The summed E-state index contributed by atoms with van der Waals surface area (Å²) in [6.07, 6.45) is -0.721. The minimum Gasteiger partial charge on any atom is -0.481 e. The number of hydrogen-bond acceptors (Lipinski definition) is 4. The van der Waals surface area contributed by atoms with E-state index in [9.17, 15) is 9.59 Å². The van der Waals surface area contributed by atoms with Crippen molar-refractivity contribution in [2.45, 2.75) is 26.9 Å². The summed E-state index contributed by atoms with van der Waals surface area (Å²) < 4.78 is 10.4. The number of amides is 1. The Bertz CT molecular complexity index is 781. The first-order chi connectivity index (χ1) is 11.8. The molecule has 0 fully saturated rings. The van der Waals surface area contributed by atoms with Crippen LogP contribution >= 0.6 is 11.6 Å². The smallest absolute Gasteiger partial charge is 0.337 e. The molecule has 132 valence electrons. The molecule has 0 bridgehead atoms. The molecule has 0 aromatic heterocycles. The first kappa shape index (κ1) is 18.8. The third-order valence-corrected chi connectivity index (χ3v) is 4.24. The fourth-order valence-corrected chi connectivity index (χ4v) is 2.43. The molecule has 2 rings (SSSR count). The maximum atomic E-state index is 12.3. The Hall–Kier alpha value is -2.53. The molecule has 1 amide bonds. The van der Waals surface area contributed by atoms with Crippen LogP contribution in [0.15, 0.2) is 36.4 Å². The maximum Gasteiger partial charge on any atom is 0.337 e. The van der Waals surface area contributed by atoms with Crippen LogP contribution in [0.4, 0.5) is 5.69 Å². The number of hydrogen-bond donors (Lipinski definition) is 1. The molecule has 1 atom stereocenters. The number of anilines is 1. The normalized spacial score (nSPS) is 11.6. The summed E-state index contributed by atoms with van der Waals surface area (Å²) in [6, 6.07) is 10.1. The highest BCUT2D eigenvalue weighted by Crippen LogP contribution is 2.26. The van der Waals surface area contributed by atoms with Crippen LogP contribution in [0.5, 0.6) is 5.75 Å². The topological polar surface area (TPSA) is 64.6 Å². The number of nitrogens with one attached hydrogen (secondary N) is 1. The monoisotopic (exact) mass is 361 g/mol. The van der Waals surface area contributed by atoms with Crippen molar-refractivity contribution >= 4 is 29.2 Å². The first-order valence-electron chi connectivity index (χ1n) is 7.74. The van der Waals surface area contributed by atoms with E-state index in [1.807, 2.05) is 13.8 Å². The summed E-state index contributed by atoms with van der Waals surface area (Å²) in [5.41, 5.74) is 2.62. The van der Waals surface area contributed by atoms with Crippen molar-refractivity contribution in [1.29, 1.82) is 0 Å². The van der Waals surface area contributed by atoms with Crippen LogP contribution in [0, 0.1) is 13.8 Å². The molecule has 0 radical (unpaired) electrons. The second-order valence-electron chi connectivity index (χ2n) is 5.69. The molecule has 0 unspecified atom stereocenters. The van der Waals surface area contributed by atoms with Crippen molar-refractivity contribution in [3.63, 3.8) is 0 Å². The summed E-state index contributed by atoms with van der Waals surface area (Å²) >= 11 is 6.14. The fourth-order valence-electron chi connectivity index (χ4n) is 2.32. The van der Waals surface area contributed by atoms with Crippen LogP contribution in [-0.4, -0.2) is 25.1 Å². The van der Waals surface area contributed by atoms with Gasteiger partial charge < -0.3 is 14.8 Å². The largest absolute Gasteiger partial charge is 0.481 e. The molecule has 0 aliphatic rings. The summed E-state index contributed by atoms with van der Waals surface area (Å²) in [4.78, 5) is 23.9. The Labute approximate surface area is 151 Å².